The van der Waals surface area contributed by atoms with Crippen molar-refractivity contribution in [1.82, 2.24) is 15.1 Å². The van der Waals surface area contributed by atoms with Crippen LogP contribution in [0, 0.1) is 5.92 Å². The van der Waals surface area contributed by atoms with Crippen molar-refractivity contribution in [3.05, 3.63) is 29.8 Å². The molecule has 1 aromatic rings. The topological polar surface area (TPSA) is 87.9 Å². The zero-order valence-corrected chi connectivity index (χ0v) is 15.1. The van der Waals surface area contributed by atoms with Crippen molar-refractivity contribution < 1.29 is 14.3 Å². The molecule has 2 bridgehead atoms. The number of fused-ring (bicyclic) bond motifs is 2. The molecule has 3 N–H and O–H groups in total. The number of hydrogen-bond acceptors (Lipinski definition) is 4. The van der Waals surface area contributed by atoms with Crippen LogP contribution in [0.2, 0.25) is 0 Å². The van der Waals surface area contributed by atoms with Gasteiger partial charge >= 0.3 is 6.03 Å². The summed E-state index contributed by atoms with van der Waals surface area (Å²) in [5, 5.41) is 2.45. The first kappa shape index (κ1) is 17.1. The van der Waals surface area contributed by atoms with E-state index in [1.54, 1.807) is 7.11 Å². The van der Waals surface area contributed by atoms with E-state index in [0.29, 0.717) is 18.5 Å². The van der Waals surface area contributed by atoms with Crippen molar-refractivity contribution in [3.63, 3.8) is 0 Å². The highest BCUT2D eigenvalue weighted by atomic mass is 16.5. The number of methoxy groups -OCH3 is 1. The summed E-state index contributed by atoms with van der Waals surface area (Å²) in [6.45, 7) is 2.85. The molecule has 0 saturated carbocycles. The van der Waals surface area contributed by atoms with E-state index in [1.807, 2.05) is 17.0 Å². The van der Waals surface area contributed by atoms with Crippen LogP contribution in [0.3, 0.4) is 0 Å². The van der Waals surface area contributed by atoms with Gasteiger partial charge in [-0.05, 0) is 49.5 Å². The Hall–Kier alpha value is -2.28. The molecule has 0 unspecified atom stereocenters. The number of hydrogen-bond donors (Lipinski definition) is 2. The van der Waals surface area contributed by atoms with Crippen molar-refractivity contribution in [2.75, 3.05) is 33.3 Å². The third kappa shape index (κ3) is 2.90. The molecular weight excluding hydrogens is 332 g/mol. The van der Waals surface area contributed by atoms with E-state index in [9.17, 15) is 9.59 Å². The first-order valence-electron chi connectivity index (χ1n) is 9.29. The summed E-state index contributed by atoms with van der Waals surface area (Å²) in [5.74, 6) is 1.60. The van der Waals surface area contributed by atoms with Crippen LogP contribution in [0.4, 0.5) is 4.79 Å². The van der Waals surface area contributed by atoms with Gasteiger partial charge in [0.25, 0.3) is 0 Å². The number of nitrogens with zero attached hydrogens (tertiary/aromatic N) is 2. The van der Waals surface area contributed by atoms with E-state index < -0.39 is 6.03 Å². The quantitative estimate of drug-likeness (QED) is 0.831. The summed E-state index contributed by atoms with van der Waals surface area (Å²) in [7, 11) is 1.67. The maximum atomic E-state index is 12.8. The standard InChI is InChI=1S/C19H26N4O3/c1-26-14-4-2-3-13(9-14)15-11-23(16(24)10-21-19(20)25)17-12-5-7-22(8-6-12)18(15)17/h2-4,9,12,15,17-18H,5-8,10-11H2,1H3,(H3,20,21,25)/t15-,17-,18-/m1/s1. The number of rotatable bonds is 4. The number of nitrogens with two attached hydrogens (primary N) is 1. The molecule has 0 aromatic heterocycles. The highest BCUT2D eigenvalue weighted by Gasteiger charge is 2.54. The Morgan fingerprint density at radius 1 is 1.27 bits per heavy atom. The molecule has 1 aromatic carbocycles. The normalized spacial score (nSPS) is 32.2. The number of urea groups is 1. The van der Waals surface area contributed by atoms with Crippen LogP contribution in [-0.4, -0.2) is 67.1 Å². The molecule has 5 rings (SSSR count). The maximum absolute atomic E-state index is 12.8. The number of primary amides is 1. The summed E-state index contributed by atoms with van der Waals surface area (Å²) in [4.78, 5) is 28.3. The molecule has 3 atom stereocenters. The molecule has 26 heavy (non-hydrogen) atoms. The number of carbonyl (C=O) groups is 2. The lowest BCUT2D eigenvalue weighted by molar-refractivity contribution is -0.134. The Labute approximate surface area is 153 Å². The maximum Gasteiger partial charge on any atom is 0.312 e. The minimum absolute atomic E-state index is 0.0316. The predicted octanol–water partition coefficient (Wildman–Crippen LogP) is 0.752. The number of ether oxygens (including phenoxy) is 1. The van der Waals surface area contributed by atoms with Gasteiger partial charge in [0.1, 0.15) is 5.75 Å². The van der Waals surface area contributed by atoms with Crippen LogP contribution in [-0.2, 0) is 4.79 Å². The lowest BCUT2D eigenvalue weighted by Crippen LogP contribution is -2.61. The van der Waals surface area contributed by atoms with Gasteiger partial charge in [0.05, 0.1) is 19.7 Å². The molecule has 3 amide bonds. The summed E-state index contributed by atoms with van der Waals surface area (Å²) >= 11 is 0. The Morgan fingerprint density at radius 2 is 2.04 bits per heavy atom. The van der Waals surface area contributed by atoms with E-state index in [1.165, 1.54) is 5.56 Å². The van der Waals surface area contributed by atoms with E-state index in [-0.39, 0.29) is 24.4 Å². The minimum atomic E-state index is -0.660. The Bertz CT molecular complexity index is 702. The summed E-state index contributed by atoms with van der Waals surface area (Å²) in [5.41, 5.74) is 6.35. The van der Waals surface area contributed by atoms with Gasteiger partial charge in [0.2, 0.25) is 5.91 Å². The average molecular weight is 358 g/mol. The van der Waals surface area contributed by atoms with Crippen molar-refractivity contribution in [1.29, 1.82) is 0 Å². The van der Waals surface area contributed by atoms with E-state index in [4.69, 9.17) is 10.5 Å². The monoisotopic (exact) mass is 358 g/mol. The van der Waals surface area contributed by atoms with Crippen LogP contribution < -0.4 is 15.8 Å². The molecule has 7 nitrogen and oxygen atoms in total. The Morgan fingerprint density at radius 3 is 2.73 bits per heavy atom. The number of benzene rings is 1. The van der Waals surface area contributed by atoms with Gasteiger partial charge in [-0.1, -0.05) is 12.1 Å². The second kappa shape index (κ2) is 6.79. The first-order chi connectivity index (χ1) is 12.6. The predicted molar refractivity (Wildman–Crippen MR) is 96.9 cm³/mol. The van der Waals surface area contributed by atoms with Crippen molar-refractivity contribution in [2.24, 2.45) is 11.7 Å². The molecule has 0 aliphatic carbocycles. The van der Waals surface area contributed by atoms with Crippen LogP contribution in [0.1, 0.15) is 24.3 Å². The van der Waals surface area contributed by atoms with Gasteiger partial charge in [-0.2, -0.15) is 0 Å². The SMILES string of the molecule is COc1cccc([C@H]2CN(C(=O)CNC(N)=O)[C@@H]3C4CCN(CC4)[C@H]23)c1. The lowest BCUT2D eigenvalue weighted by Gasteiger charge is -2.51. The fraction of sp³-hybridized carbons (Fsp3) is 0.579. The van der Waals surface area contributed by atoms with Crippen LogP contribution in [0.25, 0.3) is 0 Å². The third-order valence-electron chi connectivity index (χ3n) is 6.25. The number of piperidine rings is 3. The fourth-order valence-electron chi connectivity index (χ4n) is 5.13. The molecule has 140 valence electrons. The van der Waals surface area contributed by atoms with E-state index in [0.717, 1.165) is 31.7 Å². The molecule has 4 fully saturated rings. The first-order valence-corrected chi connectivity index (χ1v) is 9.29. The number of carbonyl (C=O) groups excluding carboxylic acids is 2. The van der Waals surface area contributed by atoms with Gasteiger partial charge < -0.3 is 20.7 Å². The van der Waals surface area contributed by atoms with Crippen molar-refractivity contribution in [3.8, 4) is 5.75 Å². The lowest BCUT2D eigenvalue weighted by atomic mass is 9.75. The van der Waals surface area contributed by atoms with Gasteiger partial charge in [0.15, 0.2) is 0 Å². The van der Waals surface area contributed by atoms with Gasteiger partial charge in [-0.15, -0.1) is 0 Å². The molecule has 7 heteroatoms. The molecule has 0 radical (unpaired) electrons. The zero-order valence-electron chi connectivity index (χ0n) is 15.1. The second-order valence-corrected chi connectivity index (χ2v) is 7.50. The van der Waals surface area contributed by atoms with E-state index >= 15 is 0 Å². The molecule has 4 heterocycles. The van der Waals surface area contributed by atoms with Gasteiger partial charge in [-0.25, -0.2) is 4.79 Å². The van der Waals surface area contributed by atoms with Crippen LogP contribution >= 0.6 is 0 Å². The molecule has 0 spiro atoms. The van der Waals surface area contributed by atoms with Gasteiger partial charge in [0, 0.05) is 18.5 Å². The molecule has 4 saturated heterocycles. The van der Waals surface area contributed by atoms with Crippen LogP contribution in [0.5, 0.6) is 5.75 Å². The number of amides is 3. The highest BCUT2D eigenvalue weighted by molar-refractivity contribution is 5.84. The molecule has 4 aliphatic heterocycles. The number of likely N-dealkylation sites (tertiary alicyclic amines) is 1. The smallest absolute Gasteiger partial charge is 0.312 e. The van der Waals surface area contributed by atoms with Crippen molar-refractivity contribution in [2.45, 2.75) is 30.8 Å². The Kier molecular flexibility index (Phi) is 4.48. The highest BCUT2D eigenvalue weighted by Crippen LogP contribution is 2.46. The minimum Gasteiger partial charge on any atom is -0.497 e. The third-order valence-corrected chi connectivity index (χ3v) is 6.25. The fourth-order valence-corrected chi connectivity index (χ4v) is 5.13. The molecular formula is C19H26N4O3. The Balaban J connectivity index is 1.63. The largest absolute Gasteiger partial charge is 0.497 e. The second-order valence-electron chi connectivity index (χ2n) is 7.50. The average Bonchev–Trinajstić information content (AvgIpc) is 3.10. The summed E-state index contributed by atoms with van der Waals surface area (Å²) < 4.78 is 5.40. The zero-order chi connectivity index (χ0) is 18.3. The van der Waals surface area contributed by atoms with E-state index in [2.05, 4.69) is 22.3 Å². The van der Waals surface area contributed by atoms with Gasteiger partial charge in [-0.3, -0.25) is 9.69 Å². The summed E-state index contributed by atoms with van der Waals surface area (Å²) in [6.07, 6.45) is 2.28. The summed E-state index contributed by atoms with van der Waals surface area (Å²) in [6, 6.07) is 8.07. The van der Waals surface area contributed by atoms with Crippen molar-refractivity contribution >= 4 is 11.9 Å². The molecule has 4 aliphatic rings. The number of nitrogens with one attached hydrogen (secondary N) is 1. The van der Waals surface area contributed by atoms with Crippen LogP contribution in [0.15, 0.2) is 24.3 Å².